The van der Waals surface area contributed by atoms with Crippen LogP contribution in [0.5, 0.6) is 0 Å². The van der Waals surface area contributed by atoms with E-state index in [0.29, 0.717) is 11.1 Å². The van der Waals surface area contributed by atoms with Gasteiger partial charge in [-0.25, -0.2) is 8.42 Å². The van der Waals surface area contributed by atoms with Gasteiger partial charge in [-0.2, -0.15) is 0 Å². The van der Waals surface area contributed by atoms with Crippen molar-refractivity contribution >= 4 is 27.4 Å². The maximum Gasteiger partial charge on any atom is 0.265 e. The number of ketones is 1. The zero-order chi connectivity index (χ0) is 22.7. The van der Waals surface area contributed by atoms with E-state index in [-0.39, 0.29) is 35.2 Å². The molecule has 32 heavy (non-hydrogen) atoms. The average Bonchev–Trinajstić information content (AvgIpc) is 2.81. The van der Waals surface area contributed by atoms with E-state index >= 15 is 0 Å². The molecule has 0 spiro atoms. The number of nitrogens with one attached hydrogen (secondary N) is 1. The Balaban J connectivity index is 1.87. The predicted molar refractivity (Wildman–Crippen MR) is 122 cm³/mol. The number of nitrogens with zero attached hydrogens (tertiary/aromatic N) is 1. The molecule has 1 N–H and O–H groups in total. The average molecular weight is 447 g/mol. The van der Waals surface area contributed by atoms with Gasteiger partial charge in [-0.15, -0.1) is 0 Å². The molecule has 3 aromatic carbocycles. The molecule has 1 amide bonds. The summed E-state index contributed by atoms with van der Waals surface area (Å²) in [4.78, 5) is 26.5. The SMILES string of the molecule is CCN1C(C(=O)c2ccccc2)=C(NC(=O)Cc2ccccc2)c2ccccc2S1(=O)=O. The summed E-state index contributed by atoms with van der Waals surface area (Å²) in [5.41, 5.74) is 1.60. The third kappa shape index (κ3) is 3.94. The molecule has 6 nitrogen and oxygen atoms in total. The van der Waals surface area contributed by atoms with Crippen molar-refractivity contribution < 1.29 is 18.0 Å². The zero-order valence-corrected chi connectivity index (χ0v) is 18.3. The highest BCUT2D eigenvalue weighted by Crippen LogP contribution is 2.36. The standard InChI is InChI=1S/C25H22N2O4S/c1-2-27-24(25(29)19-13-7-4-8-14-19)23(20-15-9-10-16-21(20)32(27,30)31)26-22(28)17-18-11-5-3-6-12-18/h3-16H,2,17H2,1H3,(H,26,28). The molecule has 1 aliphatic rings. The molecule has 0 unspecified atom stereocenters. The molecule has 0 radical (unpaired) electrons. The monoisotopic (exact) mass is 446 g/mol. The molecule has 0 bridgehead atoms. The maximum absolute atomic E-state index is 13.5. The van der Waals surface area contributed by atoms with Crippen LogP contribution in [0.3, 0.4) is 0 Å². The van der Waals surface area contributed by atoms with Crippen molar-refractivity contribution in [2.24, 2.45) is 0 Å². The van der Waals surface area contributed by atoms with Gasteiger partial charge in [0.2, 0.25) is 11.7 Å². The molecule has 162 valence electrons. The Morgan fingerprint density at radius 1 is 0.844 bits per heavy atom. The van der Waals surface area contributed by atoms with Crippen molar-refractivity contribution in [1.29, 1.82) is 0 Å². The number of carbonyl (C=O) groups is 2. The molecule has 0 atom stereocenters. The molecule has 7 heteroatoms. The van der Waals surface area contributed by atoms with E-state index in [1.807, 2.05) is 30.3 Å². The fraction of sp³-hybridized carbons (Fsp3) is 0.120. The fourth-order valence-corrected chi connectivity index (χ4v) is 5.45. The lowest BCUT2D eigenvalue weighted by Crippen LogP contribution is -2.41. The van der Waals surface area contributed by atoms with E-state index < -0.39 is 15.8 Å². The number of fused-ring (bicyclic) bond motifs is 1. The molecule has 1 aliphatic heterocycles. The number of benzene rings is 3. The molecule has 4 rings (SSSR count). The van der Waals surface area contributed by atoms with E-state index in [1.165, 1.54) is 6.07 Å². The molecular weight excluding hydrogens is 424 g/mol. The van der Waals surface area contributed by atoms with Gasteiger partial charge in [-0.05, 0) is 18.6 Å². The second-order valence-electron chi connectivity index (χ2n) is 7.30. The summed E-state index contributed by atoms with van der Waals surface area (Å²) in [5, 5.41) is 2.84. The Kier molecular flexibility index (Phi) is 5.92. The number of carbonyl (C=O) groups excluding carboxylic acids is 2. The van der Waals surface area contributed by atoms with Gasteiger partial charge < -0.3 is 5.32 Å². The largest absolute Gasteiger partial charge is 0.323 e. The number of allylic oxidation sites excluding steroid dienone is 1. The van der Waals surface area contributed by atoms with Crippen LogP contribution in [0.4, 0.5) is 0 Å². The normalized spacial score (nSPS) is 14.6. The second kappa shape index (κ2) is 8.80. The molecular formula is C25H22N2O4S. The third-order valence-electron chi connectivity index (χ3n) is 5.22. The number of hydrogen-bond donors (Lipinski definition) is 1. The number of likely N-dealkylation sites (N-methyl/N-ethyl adjacent to an activating group) is 1. The van der Waals surface area contributed by atoms with Crippen molar-refractivity contribution in [2.75, 3.05) is 6.54 Å². The topological polar surface area (TPSA) is 83.6 Å². The summed E-state index contributed by atoms with van der Waals surface area (Å²) in [6.07, 6.45) is 0.0954. The van der Waals surface area contributed by atoms with Gasteiger partial charge in [0, 0.05) is 17.7 Å². The first-order chi connectivity index (χ1) is 15.4. The van der Waals surface area contributed by atoms with Crippen molar-refractivity contribution in [3.8, 4) is 0 Å². The number of sulfonamides is 1. The third-order valence-corrected chi connectivity index (χ3v) is 7.15. The molecule has 0 saturated heterocycles. The molecule has 1 heterocycles. The van der Waals surface area contributed by atoms with E-state index in [9.17, 15) is 18.0 Å². The van der Waals surface area contributed by atoms with E-state index in [2.05, 4.69) is 5.32 Å². The van der Waals surface area contributed by atoms with Crippen molar-refractivity contribution in [2.45, 2.75) is 18.2 Å². The van der Waals surface area contributed by atoms with Gasteiger partial charge in [0.1, 0.15) is 5.70 Å². The first-order valence-electron chi connectivity index (χ1n) is 10.2. The van der Waals surface area contributed by atoms with Crippen molar-refractivity contribution in [3.05, 3.63) is 107 Å². The highest BCUT2D eigenvalue weighted by molar-refractivity contribution is 7.89. The summed E-state index contributed by atoms with van der Waals surface area (Å²) < 4.78 is 27.7. The van der Waals surface area contributed by atoms with Crippen molar-refractivity contribution in [1.82, 2.24) is 9.62 Å². The van der Waals surface area contributed by atoms with Crippen LogP contribution in [-0.4, -0.2) is 31.0 Å². The second-order valence-corrected chi connectivity index (χ2v) is 9.13. The molecule has 0 aromatic heterocycles. The molecule has 3 aromatic rings. The summed E-state index contributed by atoms with van der Waals surface area (Å²) in [7, 11) is -3.96. The minimum Gasteiger partial charge on any atom is -0.323 e. The maximum atomic E-state index is 13.5. The number of rotatable bonds is 6. The van der Waals surface area contributed by atoms with Crippen LogP contribution in [0.15, 0.2) is 95.5 Å². The summed E-state index contributed by atoms with van der Waals surface area (Å²) in [6, 6.07) is 24.1. The Hall–Kier alpha value is -3.71. The Labute approximate surface area is 187 Å². The minimum absolute atomic E-state index is 0.0443. The van der Waals surface area contributed by atoms with Crippen LogP contribution in [0.1, 0.15) is 28.4 Å². The fourth-order valence-electron chi connectivity index (χ4n) is 3.76. The summed E-state index contributed by atoms with van der Waals surface area (Å²) in [5.74, 6) is -0.810. The zero-order valence-electron chi connectivity index (χ0n) is 17.5. The van der Waals surface area contributed by atoms with Crippen LogP contribution in [0.2, 0.25) is 0 Å². The summed E-state index contributed by atoms with van der Waals surface area (Å²) in [6.45, 7) is 1.70. The lowest BCUT2D eigenvalue weighted by Gasteiger charge is -2.33. The van der Waals surface area contributed by atoms with Crippen LogP contribution in [-0.2, 0) is 21.2 Å². The molecule has 0 saturated carbocycles. The molecule has 0 fully saturated rings. The Morgan fingerprint density at radius 2 is 1.44 bits per heavy atom. The minimum atomic E-state index is -3.96. The van der Waals surface area contributed by atoms with Gasteiger partial charge >= 0.3 is 0 Å². The Morgan fingerprint density at radius 3 is 2.09 bits per heavy atom. The smallest absolute Gasteiger partial charge is 0.265 e. The van der Waals surface area contributed by atoms with Gasteiger partial charge in [0.25, 0.3) is 10.0 Å². The molecule has 0 aliphatic carbocycles. The Bertz CT molecular complexity index is 1300. The first-order valence-corrected chi connectivity index (χ1v) is 11.7. The van der Waals surface area contributed by atoms with Crippen LogP contribution in [0.25, 0.3) is 5.70 Å². The van der Waals surface area contributed by atoms with E-state index in [0.717, 1.165) is 9.87 Å². The van der Waals surface area contributed by atoms with Crippen molar-refractivity contribution in [3.63, 3.8) is 0 Å². The highest BCUT2D eigenvalue weighted by atomic mass is 32.2. The van der Waals surface area contributed by atoms with Gasteiger partial charge in [-0.3, -0.25) is 13.9 Å². The van der Waals surface area contributed by atoms with Crippen LogP contribution < -0.4 is 5.32 Å². The lowest BCUT2D eigenvalue weighted by atomic mass is 10.0. The van der Waals surface area contributed by atoms with Crippen LogP contribution >= 0.6 is 0 Å². The summed E-state index contributed by atoms with van der Waals surface area (Å²) >= 11 is 0. The number of Topliss-reactive ketones (excluding diaryl/α,β-unsaturated/α-hetero) is 1. The highest BCUT2D eigenvalue weighted by Gasteiger charge is 2.39. The lowest BCUT2D eigenvalue weighted by molar-refractivity contribution is -0.119. The van der Waals surface area contributed by atoms with Gasteiger partial charge in [0.05, 0.1) is 17.0 Å². The number of amides is 1. The predicted octanol–water partition coefficient (Wildman–Crippen LogP) is 3.62. The van der Waals surface area contributed by atoms with E-state index in [4.69, 9.17) is 0 Å². The van der Waals surface area contributed by atoms with Crippen LogP contribution in [0, 0.1) is 0 Å². The van der Waals surface area contributed by atoms with E-state index in [1.54, 1.807) is 55.5 Å². The first kappa shape index (κ1) is 21.5. The number of hydrogen-bond acceptors (Lipinski definition) is 4. The quantitative estimate of drug-likeness (QED) is 0.586. The van der Waals surface area contributed by atoms with Gasteiger partial charge in [0.15, 0.2) is 0 Å². The van der Waals surface area contributed by atoms with Gasteiger partial charge in [-0.1, -0.05) is 78.9 Å².